The highest BCUT2D eigenvalue weighted by molar-refractivity contribution is 5.84. The zero-order chi connectivity index (χ0) is 14.0. The summed E-state index contributed by atoms with van der Waals surface area (Å²) in [6, 6.07) is 10.8. The molecule has 2 N–H and O–H groups in total. The van der Waals surface area contributed by atoms with Crippen LogP contribution in [0.5, 0.6) is 0 Å². The molecule has 1 aromatic carbocycles. The molecule has 0 heterocycles. The molecule has 2 nitrogen and oxygen atoms in total. The number of rotatable bonds is 2. The molecule has 4 saturated carbocycles. The number of hydrogen-bond donors (Lipinski definition) is 1. The standard InChI is InChI=1S/C18H21NO/c1-2-14-12-8-17(13-6-4-3-5-7-13)10-15(14)18(9-12,11-17)16(19)20/h2-7,12,15H,8-11H2,1H3,(H2,19,20)/b14-2-. The largest absolute Gasteiger partial charge is 0.369 e. The molecule has 4 aliphatic rings. The van der Waals surface area contributed by atoms with Crippen molar-refractivity contribution in [2.45, 2.75) is 38.0 Å². The summed E-state index contributed by atoms with van der Waals surface area (Å²) in [6.07, 6.45) is 6.50. The Morgan fingerprint density at radius 1 is 1.25 bits per heavy atom. The highest BCUT2D eigenvalue weighted by Crippen LogP contribution is 2.72. The minimum atomic E-state index is -0.263. The number of allylic oxidation sites excluding steroid dienone is 2. The fourth-order valence-corrected chi connectivity index (χ4v) is 5.62. The van der Waals surface area contributed by atoms with Crippen molar-refractivity contribution in [3.05, 3.63) is 47.5 Å². The number of primary amides is 1. The Labute approximate surface area is 120 Å². The van der Waals surface area contributed by atoms with Gasteiger partial charge in [-0.25, -0.2) is 0 Å². The number of carbonyl (C=O) groups excluding carboxylic acids is 1. The van der Waals surface area contributed by atoms with E-state index in [0.717, 1.165) is 19.3 Å². The summed E-state index contributed by atoms with van der Waals surface area (Å²) in [6.45, 7) is 2.12. The number of hydrogen-bond acceptors (Lipinski definition) is 1. The average Bonchev–Trinajstić information content (AvgIpc) is 2.83. The third kappa shape index (κ3) is 1.27. The average molecular weight is 267 g/mol. The lowest BCUT2D eigenvalue weighted by Gasteiger charge is -2.41. The number of benzene rings is 1. The van der Waals surface area contributed by atoms with E-state index >= 15 is 0 Å². The van der Waals surface area contributed by atoms with Crippen molar-refractivity contribution >= 4 is 5.91 Å². The number of nitrogens with two attached hydrogens (primary N) is 1. The summed E-state index contributed by atoms with van der Waals surface area (Å²) >= 11 is 0. The van der Waals surface area contributed by atoms with Crippen LogP contribution in [0.2, 0.25) is 0 Å². The van der Waals surface area contributed by atoms with Gasteiger partial charge in [-0.1, -0.05) is 42.0 Å². The van der Waals surface area contributed by atoms with Gasteiger partial charge in [-0.2, -0.15) is 0 Å². The van der Waals surface area contributed by atoms with Crippen molar-refractivity contribution in [1.82, 2.24) is 0 Å². The molecule has 0 saturated heterocycles. The molecule has 0 radical (unpaired) electrons. The Hall–Kier alpha value is -1.57. The Bertz CT molecular complexity index is 605. The summed E-state index contributed by atoms with van der Waals surface area (Å²) in [5.74, 6) is 0.894. The molecule has 20 heavy (non-hydrogen) atoms. The lowest BCUT2D eigenvalue weighted by molar-refractivity contribution is -0.129. The second-order valence-corrected chi connectivity index (χ2v) is 6.99. The lowest BCUT2D eigenvalue weighted by atomic mass is 9.63. The summed E-state index contributed by atoms with van der Waals surface area (Å²) in [4.78, 5) is 12.2. The van der Waals surface area contributed by atoms with Crippen molar-refractivity contribution in [3.8, 4) is 0 Å². The zero-order valence-electron chi connectivity index (χ0n) is 11.9. The first-order chi connectivity index (χ1) is 9.61. The summed E-state index contributed by atoms with van der Waals surface area (Å²) in [5.41, 5.74) is 8.69. The van der Waals surface area contributed by atoms with Crippen molar-refractivity contribution in [2.24, 2.45) is 23.0 Å². The lowest BCUT2D eigenvalue weighted by Crippen LogP contribution is -2.41. The second-order valence-electron chi connectivity index (χ2n) is 6.99. The van der Waals surface area contributed by atoms with Crippen LogP contribution in [0.4, 0.5) is 0 Å². The molecule has 104 valence electrons. The van der Waals surface area contributed by atoms with Crippen LogP contribution in [0, 0.1) is 17.3 Å². The Kier molecular flexibility index (Phi) is 2.28. The van der Waals surface area contributed by atoms with Gasteiger partial charge in [0.2, 0.25) is 5.91 Å². The molecule has 4 unspecified atom stereocenters. The van der Waals surface area contributed by atoms with Gasteiger partial charge in [0.1, 0.15) is 0 Å². The van der Waals surface area contributed by atoms with Crippen molar-refractivity contribution < 1.29 is 4.79 Å². The number of amides is 1. The van der Waals surface area contributed by atoms with Gasteiger partial charge in [0.25, 0.3) is 0 Å². The SMILES string of the molecule is C/C=C1/C2CC3(c4ccccc4)CC1C(C(N)=O)(C2)C3. The van der Waals surface area contributed by atoms with Gasteiger partial charge in [0, 0.05) is 0 Å². The van der Waals surface area contributed by atoms with E-state index in [1.54, 1.807) is 0 Å². The second kappa shape index (κ2) is 3.75. The van der Waals surface area contributed by atoms with Crippen molar-refractivity contribution in [2.75, 3.05) is 0 Å². The molecule has 4 fully saturated rings. The van der Waals surface area contributed by atoms with Crippen LogP contribution in [0.15, 0.2) is 42.0 Å². The fourth-order valence-electron chi connectivity index (χ4n) is 5.62. The van der Waals surface area contributed by atoms with Gasteiger partial charge in [-0.05, 0) is 55.4 Å². The smallest absolute Gasteiger partial charge is 0.224 e. The zero-order valence-corrected chi connectivity index (χ0v) is 11.9. The van der Waals surface area contributed by atoms with Gasteiger partial charge < -0.3 is 5.73 Å². The van der Waals surface area contributed by atoms with E-state index in [-0.39, 0.29) is 16.7 Å². The van der Waals surface area contributed by atoms with Gasteiger partial charge >= 0.3 is 0 Å². The number of carbonyl (C=O) groups is 1. The molecule has 4 bridgehead atoms. The van der Waals surface area contributed by atoms with E-state index in [2.05, 4.69) is 43.3 Å². The molecule has 5 rings (SSSR count). The van der Waals surface area contributed by atoms with Crippen LogP contribution < -0.4 is 5.73 Å². The fraction of sp³-hybridized carbons (Fsp3) is 0.500. The summed E-state index contributed by atoms with van der Waals surface area (Å²) in [5, 5.41) is 0. The van der Waals surface area contributed by atoms with Crippen LogP contribution >= 0.6 is 0 Å². The van der Waals surface area contributed by atoms with E-state index in [0.29, 0.717) is 11.8 Å². The minimum Gasteiger partial charge on any atom is -0.369 e. The Morgan fingerprint density at radius 2 is 2.00 bits per heavy atom. The first kappa shape index (κ1) is 12.2. The normalized spacial score (nSPS) is 43.4. The topological polar surface area (TPSA) is 43.1 Å². The van der Waals surface area contributed by atoms with Gasteiger partial charge in [-0.15, -0.1) is 0 Å². The third-order valence-corrected chi connectivity index (χ3v) is 6.25. The van der Waals surface area contributed by atoms with Crippen molar-refractivity contribution in [3.63, 3.8) is 0 Å². The Balaban J connectivity index is 1.85. The van der Waals surface area contributed by atoms with Crippen LogP contribution in [0.1, 0.15) is 38.2 Å². The first-order valence-electron chi connectivity index (χ1n) is 7.63. The molecule has 1 aromatic rings. The molecule has 0 aliphatic heterocycles. The molecule has 0 spiro atoms. The van der Waals surface area contributed by atoms with E-state index in [1.807, 2.05) is 0 Å². The third-order valence-electron chi connectivity index (χ3n) is 6.25. The maximum Gasteiger partial charge on any atom is 0.224 e. The van der Waals surface area contributed by atoms with Gasteiger partial charge in [0.05, 0.1) is 5.41 Å². The van der Waals surface area contributed by atoms with E-state index in [1.165, 1.54) is 17.6 Å². The Morgan fingerprint density at radius 3 is 2.65 bits per heavy atom. The van der Waals surface area contributed by atoms with Crippen LogP contribution in [0.3, 0.4) is 0 Å². The first-order valence-corrected chi connectivity index (χ1v) is 7.63. The minimum absolute atomic E-state index is 0.0677. The van der Waals surface area contributed by atoms with Crippen LogP contribution in [0.25, 0.3) is 0 Å². The predicted octanol–water partition coefficient (Wildman–Crippen LogP) is 3.18. The molecule has 1 amide bonds. The van der Waals surface area contributed by atoms with Crippen molar-refractivity contribution in [1.29, 1.82) is 0 Å². The molecule has 2 heteroatoms. The molecule has 4 atom stereocenters. The molecule has 4 aliphatic carbocycles. The summed E-state index contributed by atoms with van der Waals surface area (Å²) in [7, 11) is 0. The highest BCUT2D eigenvalue weighted by Gasteiger charge is 2.68. The maximum atomic E-state index is 12.2. The molecule has 0 aromatic heterocycles. The molecular formula is C18H21NO. The van der Waals surface area contributed by atoms with Crippen LogP contribution in [-0.2, 0) is 10.2 Å². The van der Waals surface area contributed by atoms with E-state index in [4.69, 9.17) is 5.73 Å². The molecular weight excluding hydrogens is 246 g/mol. The monoisotopic (exact) mass is 267 g/mol. The van der Waals surface area contributed by atoms with E-state index < -0.39 is 0 Å². The van der Waals surface area contributed by atoms with E-state index in [9.17, 15) is 4.79 Å². The predicted molar refractivity (Wildman–Crippen MR) is 79.0 cm³/mol. The maximum absolute atomic E-state index is 12.2. The quantitative estimate of drug-likeness (QED) is 0.822. The highest BCUT2D eigenvalue weighted by atomic mass is 16.1. The van der Waals surface area contributed by atoms with Gasteiger partial charge in [-0.3, -0.25) is 4.79 Å². The summed E-state index contributed by atoms with van der Waals surface area (Å²) < 4.78 is 0. The van der Waals surface area contributed by atoms with Crippen LogP contribution in [-0.4, -0.2) is 5.91 Å². The van der Waals surface area contributed by atoms with Gasteiger partial charge in [0.15, 0.2) is 0 Å².